The van der Waals surface area contributed by atoms with Crippen molar-refractivity contribution in [3.8, 4) is 0 Å². The Labute approximate surface area is 176 Å². The highest BCUT2D eigenvalue weighted by Gasteiger charge is 2.08. The van der Waals surface area contributed by atoms with Crippen LogP contribution in [0, 0.1) is 0 Å². The number of alkyl carbamates (subject to hydrolysis) is 1. The van der Waals surface area contributed by atoms with Crippen LogP contribution in [0.2, 0.25) is 0 Å². The van der Waals surface area contributed by atoms with E-state index in [1.54, 1.807) is 6.92 Å². The van der Waals surface area contributed by atoms with Gasteiger partial charge in [-0.15, -0.1) is 0 Å². The van der Waals surface area contributed by atoms with Crippen LogP contribution in [0.1, 0.15) is 25.3 Å². The Morgan fingerprint density at radius 2 is 1.60 bits per heavy atom. The van der Waals surface area contributed by atoms with Crippen LogP contribution >= 0.6 is 0 Å². The lowest BCUT2D eigenvalue weighted by molar-refractivity contribution is -0.143. The molecule has 0 bridgehead atoms. The summed E-state index contributed by atoms with van der Waals surface area (Å²) in [6.07, 6.45) is 0.787. The molecule has 0 spiro atoms. The Kier molecular flexibility index (Phi) is 9.37. The van der Waals surface area contributed by atoms with E-state index in [1.165, 1.54) is 0 Å². The van der Waals surface area contributed by atoms with E-state index in [0.717, 1.165) is 16.3 Å². The van der Waals surface area contributed by atoms with Crippen molar-refractivity contribution in [1.82, 2.24) is 5.32 Å². The second-order valence-electron chi connectivity index (χ2n) is 6.72. The number of ether oxygens (including phenoxy) is 3. The molecule has 7 heteroatoms. The number of fused-ring (bicyclic) bond motifs is 1. The fourth-order valence-electron chi connectivity index (χ4n) is 2.68. The van der Waals surface area contributed by atoms with Gasteiger partial charge in [-0.3, -0.25) is 4.79 Å². The lowest BCUT2D eigenvalue weighted by Gasteiger charge is -2.09. The van der Waals surface area contributed by atoms with Crippen molar-refractivity contribution < 1.29 is 28.6 Å². The molecule has 0 radical (unpaired) electrons. The molecule has 0 aliphatic heterocycles. The lowest BCUT2D eigenvalue weighted by atomic mass is 10.0. The predicted octanol–water partition coefficient (Wildman–Crippen LogP) is 3.55. The molecule has 2 rings (SSSR count). The van der Waals surface area contributed by atoms with Crippen molar-refractivity contribution in [2.75, 3.05) is 26.4 Å². The fourth-order valence-corrected chi connectivity index (χ4v) is 2.68. The molecule has 7 nitrogen and oxygen atoms in total. The molecule has 0 saturated carbocycles. The maximum atomic E-state index is 12.1. The summed E-state index contributed by atoms with van der Waals surface area (Å²) >= 11 is 0. The van der Waals surface area contributed by atoms with Crippen LogP contribution < -0.4 is 5.32 Å². The van der Waals surface area contributed by atoms with Crippen LogP contribution in [0.3, 0.4) is 0 Å². The van der Waals surface area contributed by atoms with E-state index in [9.17, 15) is 14.4 Å². The largest absolute Gasteiger partial charge is 0.465 e. The van der Waals surface area contributed by atoms with Gasteiger partial charge in [-0.25, -0.2) is 9.59 Å². The first-order valence-electron chi connectivity index (χ1n) is 9.83. The van der Waals surface area contributed by atoms with Gasteiger partial charge in [0, 0.05) is 5.57 Å². The van der Waals surface area contributed by atoms with Gasteiger partial charge in [0.2, 0.25) is 0 Å². The molecule has 0 aromatic heterocycles. The van der Waals surface area contributed by atoms with Crippen LogP contribution in [0.15, 0.2) is 54.6 Å². The molecule has 30 heavy (non-hydrogen) atoms. The van der Waals surface area contributed by atoms with Crippen LogP contribution in [0.4, 0.5) is 4.79 Å². The highest BCUT2D eigenvalue weighted by molar-refractivity contribution is 5.89. The van der Waals surface area contributed by atoms with Gasteiger partial charge < -0.3 is 19.5 Å². The van der Waals surface area contributed by atoms with E-state index >= 15 is 0 Å². The van der Waals surface area contributed by atoms with Gasteiger partial charge in [-0.2, -0.15) is 0 Å². The minimum Gasteiger partial charge on any atom is -0.465 e. The highest BCUT2D eigenvalue weighted by Crippen LogP contribution is 2.19. The van der Waals surface area contributed by atoms with Gasteiger partial charge >= 0.3 is 18.0 Å². The van der Waals surface area contributed by atoms with Crippen molar-refractivity contribution in [3.05, 3.63) is 60.2 Å². The summed E-state index contributed by atoms with van der Waals surface area (Å²) in [7, 11) is 0. The molecule has 0 fully saturated rings. The Bertz CT molecular complexity index is 887. The molecular formula is C23H27NO6. The van der Waals surface area contributed by atoms with Crippen molar-refractivity contribution >= 4 is 28.8 Å². The van der Waals surface area contributed by atoms with Crippen LogP contribution in [0.25, 0.3) is 10.8 Å². The number of rotatable bonds is 11. The molecule has 0 aliphatic rings. The second-order valence-corrected chi connectivity index (χ2v) is 6.72. The molecule has 0 atom stereocenters. The van der Waals surface area contributed by atoms with Gasteiger partial charge in [-0.1, -0.05) is 49.0 Å². The normalized spacial score (nSPS) is 10.3. The number of carbonyl (C=O) groups excluding carboxylic acids is 3. The Morgan fingerprint density at radius 3 is 2.37 bits per heavy atom. The Morgan fingerprint density at radius 1 is 0.900 bits per heavy atom. The SMILES string of the molecule is C=C(C)C(=O)OCCNC(=O)OCCCCOC(=O)Cc1cccc2ccccc12. The first-order valence-corrected chi connectivity index (χ1v) is 9.83. The first kappa shape index (κ1) is 22.9. The maximum absolute atomic E-state index is 12.1. The molecule has 2 aromatic rings. The zero-order chi connectivity index (χ0) is 21.8. The minimum absolute atomic E-state index is 0.0491. The molecule has 160 valence electrons. The van der Waals surface area contributed by atoms with E-state index < -0.39 is 12.1 Å². The van der Waals surface area contributed by atoms with Gasteiger partial charge in [-0.05, 0) is 36.1 Å². The molecule has 0 unspecified atom stereocenters. The Balaban J connectivity index is 1.54. The summed E-state index contributed by atoms with van der Waals surface area (Å²) in [5.41, 5.74) is 1.24. The molecule has 0 heterocycles. The van der Waals surface area contributed by atoms with Crippen LogP contribution in [-0.4, -0.2) is 44.4 Å². The summed E-state index contributed by atoms with van der Waals surface area (Å²) in [6.45, 7) is 5.69. The number of hydrogen-bond acceptors (Lipinski definition) is 6. The number of carbonyl (C=O) groups is 3. The molecule has 0 saturated heterocycles. The summed E-state index contributed by atoms with van der Waals surface area (Å²) in [5.74, 6) is -0.783. The summed E-state index contributed by atoms with van der Waals surface area (Å²) in [6, 6.07) is 13.8. The molecular weight excluding hydrogens is 386 g/mol. The third-order valence-corrected chi connectivity index (χ3v) is 4.20. The number of benzene rings is 2. The minimum atomic E-state index is -0.589. The fraction of sp³-hybridized carbons (Fsp3) is 0.348. The van der Waals surface area contributed by atoms with E-state index in [0.29, 0.717) is 18.4 Å². The molecule has 0 aliphatic carbocycles. The maximum Gasteiger partial charge on any atom is 0.407 e. The second kappa shape index (κ2) is 12.3. The number of nitrogens with one attached hydrogen (secondary N) is 1. The van der Waals surface area contributed by atoms with Crippen molar-refractivity contribution in [3.63, 3.8) is 0 Å². The predicted molar refractivity (Wildman–Crippen MR) is 113 cm³/mol. The third-order valence-electron chi connectivity index (χ3n) is 4.20. The third kappa shape index (κ3) is 7.95. The standard InChI is InChI=1S/C23H27NO6/c1-17(2)22(26)29-15-12-24-23(27)30-14-6-5-13-28-21(25)16-19-10-7-9-18-8-3-4-11-20(18)19/h3-4,7-11H,1,5-6,12-16H2,2H3,(H,24,27). The zero-order valence-corrected chi connectivity index (χ0v) is 17.1. The smallest absolute Gasteiger partial charge is 0.407 e. The van der Waals surface area contributed by atoms with Crippen molar-refractivity contribution in [2.45, 2.75) is 26.2 Å². The monoisotopic (exact) mass is 413 g/mol. The Hall–Kier alpha value is -3.35. The lowest BCUT2D eigenvalue weighted by Crippen LogP contribution is -2.29. The first-order chi connectivity index (χ1) is 14.5. The summed E-state index contributed by atoms with van der Waals surface area (Å²) in [5, 5.41) is 4.61. The van der Waals surface area contributed by atoms with E-state index in [-0.39, 0.29) is 38.8 Å². The summed E-state index contributed by atoms with van der Waals surface area (Å²) in [4.78, 5) is 34.7. The van der Waals surface area contributed by atoms with Crippen molar-refractivity contribution in [2.24, 2.45) is 0 Å². The average Bonchev–Trinajstić information content (AvgIpc) is 2.73. The number of esters is 2. The number of amides is 1. The van der Waals surface area contributed by atoms with E-state index in [4.69, 9.17) is 14.2 Å². The van der Waals surface area contributed by atoms with E-state index in [1.807, 2.05) is 42.5 Å². The topological polar surface area (TPSA) is 90.9 Å². The molecule has 2 aromatic carbocycles. The van der Waals surface area contributed by atoms with Gasteiger partial charge in [0.05, 0.1) is 26.2 Å². The van der Waals surface area contributed by atoms with Crippen molar-refractivity contribution in [1.29, 1.82) is 0 Å². The highest BCUT2D eigenvalue weighted by atomic mass is 16.6. The quantitative estimate of drug-likeness (QED) is 0.262. The van der Waals surface area contributed by atoms with Gasteiger partial charge in [0.15, 0.2) is 0 Å². The average molecular weight is 413 g/mol. The number of unbranched alkanes of at least 4 members (excludes halogenated alkanes) is 1. The van der Waals surface area contributed by atoms with Gasteiger partial charge in [0.1, 0.15) is 6.61 Å². The molecule has 1 amide bonds. The van der Waals surface area contributed by atoms with Crippen LogP contribution in [0.5, 0.6) is 0 Å². The number of hydrogen-bond donors (Lipinski definition) is 1. The summed E-state index contributed by atoms with van der Waals surface area (Å²) < 4.78 is 15.1. The van der Waals surface area contributed by atoms with Gasteiger partial charge in [0.25, 0.3) is 0 Å². The molecule has 1 N–H and O–H groups in total. The van der Waals surface area contributed by atoms with E-state index in [2.05, 4.69) is 11.9 Å². The van der Waals surface area contributed by atoms with Crippen LogP contribution in [-0.2, 0) is 30.2 Å². The zero-order valence-electron chi connectivity index (χ0n) is 17.1.